The summed E-state index contributed by atoms with van der Waals surface area (Å²) in [6, 6.07) is 6.35. The summed E-state index contributed by atoms with van der Waals surface area (Å²) in [5.74, 6) is -1.24. The van der Waals surface area contributed by atoms with Crippen molar-refractivity contribution in [2.75, 3.05) is 0 Å². The molecule has 0 amide bonds. The van der Waals surface area contributed by atoms with E-state index in [1.165, 1.54) is 12.1 Å². The molecule has 0 aliphatic carbocycles. The van der Waals surface area contributed by atoms with Gasteiger partial charge in [0.25, 0.3) is 0 Å². The number of phenols is 6. The summed E-state index contributed by atoms with van der Waals surface area (Å²) < 4.78 is 0. The van der Waals surface area contributed by atoms with Gasteiger partial charge in [-0.3, -0.25) is 0 Å². The second kappa shape index (κ2) is 8.52. The third kappa shape index (κ3) is 3.41. The van der Waals surface area contributed by atoms with Crippen molar-refractivity contribution in [2.24, 2.45) is 0 Å². The summed E-state index contributed by atoms with van der Waals surface area (Å²) in [6.07, 6.45) is 2.54. The smallest absolute Gasteiger partial charge is 0.161 e. The molecule has 0 aliphatic rings. The zero-order valence-corrected chi connectivity index (χ0v) is 19.8. The molecule has 0 fully saturated rings. The molecule has 6 nitrogen and oxygen atoms in total. The van der Waals surface area contributed by atoms with E-state index in [1.54, 1.807) is 0 Å². The van der Waals surface area contributed by atoms with Gasteiger partial charge in [0.1, 0.15) is 11.5 Å². The molecule has 0 bridgehead atoms. The molecular weight excluding hydrogens is 432 g/mol. The van der Waals surface area contributed by atoms with E-state index >= 15 is 0 Å². The first-order chi connectivity index (χ1) is 16.1. The fourth-order valence-electron chi connectivity index (χ4n) is 5.03. The molecule has 6 heteroatoms. The van der Waals surface area contributed by atoms with E-state index in [4.69, 9.17) is 0 Å². The van der Waals surface area contributed by atoms with Gasteiger partial charge in [-0.15, -0.1) is 0 Å². The van der Waals surface area contributed by atoms with Gasteiger partial charge in [-0.05, 0) is 60.7 Å². The summed E-state index contributed by atoms with van der Waals surface area (Å²) in [5.41, 5.74) is 3.30. The first-order valence-electron chi connectivity index (χ1n) is 11.5. The predicted molar refractivity (Wildman–Crippen MR) is 134 cm³/mol. The first kappa shape index (κ1) is 23.4. The number of benzene rings is 4. The minimum atomic E-state index is -0.315. The molecule has 4 rings (SSSR count). The summed E-state index contributed by atoms with van der Waals surface area (Å²) in [6.45, 7) is 7.56. The number of aromatic hydroxyl groups is 6. The maximum Gasteiger partial charge on any atom is 0.161 e. The summed E-state index contributed by atoms with van der Waals surface area (Å²) >= 11 is 0. The topological polar surface area (TPSA) is 121 Å². The number of rotatable bonds is 5. The quantitative estimate of drug-likeness (QED) is 0.190. The van der Waals surface area contributed by atoms with Crippen molar-refractivity contribution < 1.29 is 30.6 Å². The lowest BCUT2D eigenvalue weighted by molar-refractivity contribution is 0.400. The van der Waals surface area contributed by atoms with Gasteiger partial charge in [-0.2, -0.15) is 0 Å². The van der Waals surface area contributed by atoms with Crippen molar-refractivity contribution in [1.29, 1.82) is 0 Å². The van der Waals surface area contributed by atoms with E-state index in [0.29, 0.717) is 67.8 Å². The minimum absolute atomic E-state index is 0.114. The van der Waals surface area contributed by atoms with Crippen molar-refractivity contribution >= 4 is 21.5 Å². The zero-order valence-electron chi connectivity index (χ0n) is 19.8. The van der Waals surface area contributed by atoms with Crippen LogP contribution in [0.5, 0.6) is 34.5 Å². The Balaban J connectivity index is 2.10. The van der Waals surface area contributed by atoms with Crippen LogP contribution in [0.15, 0.2) is 24.3 Å². The molecule has 0 aromatic heterocycles. The molecule has 0 atom stereocenters. The number of hydrogen-bond donors (Lipinski definition) is 6. The molecule has 178 valence electrons. The predicted octanol–water partition coefficient (Wildman–Crippen LogP) is 6.42. The molecule has 0 heterocycles. The average Bonchev–Trinajstić information content (AvgIpc) is 2.78. The van der Waals surface area contributed by atoms with E-state index in [1.807, 2.05) is 39.8 Å². The lowest BCUT2D eigenvalue weighted by Crippen LogP contribution is -1.96. The van der Waals surface area contributed by atoms with Crippen molar-refractivity contribution in [2.45, 2.75) is 53.4 Å². The fraction of sp³-hybridized carbons (Fsp3) is 0.286. The van der Waals surface area contributed by atoms with E-state index in [0.717, 1.165) is 12.8 Å². The van der Waals surface area contributed by atoms with Crippen LogP contribution in [0.4, 0.5) is 0 Å². The maximum atomic E-state index is 11.4. The van der Waals surface area contributed by atoms with Gasteiger partial charge in [-0.25, -0.2) is 0 Å². The largest absolute Gasteiger partial charge is 0.507 e. The third-order valence-corrected chi connectivity index (χ3v) is 6.59. The van der Waals surface area contributed by atoms with Gasteiger partial charge in [0.2, 0.25) is 0 Å². The first-order valence-corrected chi connectivity index (χ1v) is 11.5. The Morgan fingerprint density at radius 3 is 1.18 bits per heavy atom. The summed E-state index contributed by atoms with van der Waals surface area (Å²) in [4.78, 5) is 0. The SMILES string of the molecule is CCCc1c(O)c(O)cc2c(O)c(-c3c(C)cc4c(CCC)c(O)c(O)cc4c3O)c(C)cc12. The highest BCUT2D eigenvalue weighted by Crippen LogP contribution is 2.51. The van der Waals surface area contributed by atoms with Crippen molar-refractivity contribution in [3.05, 3.63) is 46.5 Å². The van der Waals surface area contributed by atoms with E-state index in [-0.39, 0.29) is 34.5 Å². The summed E-state index contributed by atoms with van der Waals surface area (Å²) in [7, 11) is 0. The average molecular weight is 463 g/mol. The van der Waals surface area contributed by atoms with Gasteiger partial charge >= 0.3 is 0 Å². The van der Waals surface area contributed by atoms with Crippen LogP contribution in [0.1, 0.15) is 48.9 Å². The number of fused-ring (bicyclic) bond motifs is 2. The normalized spacial score (nSPS) is 11.5. The van der Waals surface area contributed by atoms with Crippen LogP contribution >= 0.6 is 0 Å². The Bertz CT molecular complexity index is 1340. The molecule has 6 N–H and O–H groups in total. The van der Waals surface area contributed by atoms with Crippen LogP contribution in [0, 0.1) is 13.8 Å². The Kier molecular flexibility index (Phi) is 5.86. The highest BCUT2D eigenvalue weighted by molar-refractivity contribution is 6.05. The second-order valence-electron chi connectivity index (χ2n) is 8.97. The molecule has 0 aliphatic heterocycles. The number of aryl methyl sites for hydroxylation is 4. The molecular formula is C28H30O6. The van der Waals surface area contributed by atoms with Crippen molar-refractivity contribution in [1.82, 2.24) is 0 Å². The molecule has 4 aromatic rings. The third-order valence-electron chi connectivity index (χ3n) is 6.59. The lowest BCUT2D eigenvalue weighted by Gasteiger charge is -2.20. The lowest BCUT2D eigenvalue weighted by atomic mass is 9.86. The van der Waals surface area contributed by atoms with Gasteiger partial charge in [0, 0.05) is 33.0 Å². The van der Waals surface area contributed by atoms with Crippen LogP contribution in [-0.4, -0.2) is 30.6 Å². The fourth-order valence-corrected chi connectivity index (χ4v) is 5.03. The molecule has 0 saturated heterocycles. The molecule has 0 radical (unpaired) electrons. The number of phenolic OH excluding ortho intramolecular Hbond substituents is 6. The molecule has 0 spiro atoms. The van der Waals surface area contributed by atoms with E-state index in [9.17, 15) is 30.6 Å². The van der Waals surface area contributed by atoms with Crippen LogP contribution in [-0.2, 0) is 12.8 Å². The van der Waals surface area contributed by atoms with Crippen LogP contribution in [0.3, 0.4) is 0 Å². The Morgan fingerprint density at radius 2 is 0.853 bits per heavy atom. The minimum Gasteiger partial charge on any atom is -0.507 e. The Labute approximate surface area is 198 Å². The van der Waals surface area contributed by atoms with Crippen LogP contribution in [0.2, 0.25) is 0 Å². The van der Waals surface area contributed by atoms with E-state index in [2.05, 4.69) is 0 Å². The van der Waals surface area contributed by atoms with Gasteiger partial charge in [-0.1, -0.05) is 38.8 Å². The van der Waals surface area contributed by atoms with Gasteiger partial charge < -0.3 is 30.6 Å². The van der Waals surface area contributed by atoms with Crippen molar-refractivity contribution in [3.8, 4) is 45.6 Å². The Hall–Kier alpha value is -3.80. The zero-order chi connectivity index (χ0) is 24.9. The maximum absolute atomic E-state index is 11.4. The standard InChI is InChI=1S/C28H30O6/c1-5-7-15-17-9-13(3)23(27(33)19(17)11-21(29)25(15)31)24-14(4)10-18-16(8-6-2)26(32)22(30)12-20(18)28(24)34/h9-12,29-34H,5-8H2,1-4H3. The highest BCUT2D eigenvalue weighted by atomic mass is 16.3. The van der Waals surface area contributed by atoms with Gasteiger partial charge in [0.15, 0.2) is 23.0 Å². The van der Waals surface area contributed by atoms with Gasteiger partial charge in [0.05, 0.1) is 0 Å². The molecule has 0 unspecified atom stereocenters. The van der Waals surface area contributed by atoms with Crippen LogP contribution < -0.4 is 0 Å². The Morgan fingerprint density at radius 1 is 0.500 bits per heavy atom. The van der Waals surface area contributed by atoms with Crippen molar-refractivity contribution in [3.63, 3.8) is 0 Å². The molecule has 0 saturated carbocycles. The monoisotopic (exact) mass is 462 g/mol. The summed E-state index contributed by atoms with van der Waals surface area (Å²) in [5, 5.41) is 66.2. The van der Waals surface area contributed by atoms with Crippen LogP contribution in [0.25, 0.3) is 32.7 Å². The second-order valence-corrected chi connectivity index (χ2v) is 8.97. The molecule has 34 heavy (non-hydrogen) atoms. The molecule has 4 aromatic carbocycles. The van der Waals surface area contributed by atoms with E-state index < -0.39 is 0 Å². The highest BCUT2D eigenvalue weighted by Gasteiger charge is 2.24. The number of hydrogen-bond acceptors (Lipinski definition) is 6.